The highest BCUT2D eigenvalue weighted by Crippen LogP contribution is 2.40. The molecule has 2 saturated heterocycles. The minimum atomic E-state index is -0.556. The molecule has 6 rings (SSSR count). The van der Waals surface area contributed by atoms with E-state index in [9.17, 15) is 18.4 Å². The van der Waals surface area contributed by atoms with Crippen LogP contribution < -0.4 is 10.1 Å². The fraction of sp³-hybridized carbons (Fsp3) is 0.357. The third kappa shape index (κ3) is 4.51. The zero-order chi connectivity index (χ0) is 27.3. The topological polar surface area (TPSA) is 105 Å². The number of piperidine rings is 1. The van der Waals surface area contributed by atoms with Crippen molar-refractivity contribution in [2.45, 2.75) is 44.3 Å². The van der Waals surface area contributed by atoms with Gasteiger partial charge in [0.15, 0.2) is 11.5 Å². The Morgan fingerprint density at radius 1 is 1.13 bits per heavy atom. The smallest absolute Gasteiger partial charge is 0.274 e. The second-order valence-corrected chi connectivity index (χ2v) is 10.3. The summed E-state index contributed by atoms with van der Waals surface area (Å²) in [6, 6.07) is 8.34. The molecule has 0 spiro atoms. The molecule has 1 aromatic carbocycles. The quantitative estimate of drug-likeness (QED) is 0.390. The summed E-state index contributed by atoms with van der Waals surface area (Å²) in [5, 5.41) is 10.4. The number of aromatic amines is 1. The number of benzene rings is 1. The first-order valence-electron chi connectivity index (χ1n) is 12.9. The second kappa shape index (κ2) is 9.79. The number of methoxy groups -OCH3 is 1. The van der Waals surface area contributed by atoms with Crippen molar-refractivity contribution in [3.8, 4) is 17.1 Å². The molecule has 0 aliphatic carbocycles. The molecule has 1 unspecified atom stereocenters. The van der Waals surface area contributed by atoms with E-state index >= 15 is 0 Å². The summed E-state index contributed by atoms with van der Waals surface area (Å²) in [6.07, 6.45) is 5.26. The Labute approximate surface area is 223 Å². The zero-order valence-electron chi connectivity index (χ0n) is 21.6. The van der Waals surface area contributed by atoms with Crippen LogP contribution in [-0.2, 0) is 18.4 Å². The fourth-order valence-electron chi connectivity index (χ4n) is 6.00. The molecule has 0 radical (unpaired) electrons. The molecule has 3 atom stereocenters. The molecule has 2 bridgehead atoms. The molecule has 2 N–H and O–H groups in total. The SMILES string of the molecule is COc1cc(-c2cc(C(=O)N3[C@@H]4CC[C@H]3CC(C(=O)NCc3ccc5c(c3)c(F)cn5C)C4)n[nH]2)c(F)cn1. The number of hydrogen-bond acceptors (Lipinski definition) is 5. The van der Waals surface area contributed by atoms with Crippen LogP contribution in [0.3, 0.4) is 0 Å². The summed E-state index contributed by atoms with van der Waals surface area (Å²) in [5.74, 6) is -1.10. The number of pyridine rings is 1. The number of hydrogen-bond donors (Lipinski definition) is 2. The molecule has 5 heterocycles. The molecule has 0 saturated carbocycles. The lowest BCUT2D eigenvalue weighted by Crippen LogP contribution is -2.49. The van der Waals surface area contributed by atoms with Gasteiger partial charge in [0.25, 0.3) is 5.91 Å². The number of carbonyl (C=O) groups is 2. The first-order chi connectivity index (χ1) is 18.8. The van der Waals surface area contributed by atoms with E-state index < -0.39 is 5.82 Å². The van der Waals surface area contributed by atoms with Crippen molar-refractivity contribution in [2.75, 3.05) is 7.11 Å². The number of rotatable bonds is 6. The molecule has 2 fully saturated rings. The van der Waals surface area contributed by atoms with E-state index in [0.717, 1.165) is 30.1 Å². The van der Waals surface area contributed by atoms with E-state index in [-0.39, 0.29) is 52.8 Å². The molecular formula is C28H28F2N6O3. The van der Waals surface area contributed by atoms with Crippen molar-refractivity contribution in [1.29, 1.82) is 0 Å². The van der Waals surface area contributed by atoms with Crippen LogP contribution in [0.25, 0.3) is 22.2 Å². The Hall–Kier alpha value is -4.28. The molecule has 2 aliphatic rings. The summed E-state index contributed by atoms with van der Waals surface area (Å²) in [4.78, 5) is 32.1. The van der Waals surface area contributed by atoms with Crippen LogP contribution >= 0.6 is 0 Å². The number of nitrogens with zero attached hydrogens (tertiary/aromatic N) is 4. The van der Waals surface area contributed by atoms with E-state index in [0.29, 0.717) is 30.5 Å². The molecule has 202 valence electrons. The van der Waals surface area contributed by atoms with Gasteiger partial charge in [0.1, 0.15) is 5.82 Å². The molecule has 2 amide bonds. The third-order valence-electron chi connectivity index (χ3n) is 7.94. The maximum Gasteiger partial charge on any atom is 0.274 e. The van der Waals surface area contributed by atoms with Gasteiger partial charge in [-0.3, -0.25) is 14.7 Å². The Balaban J connectivity index is 1.11. The molecule has 4 aromatic rings. The lowest BCUT2D eigenvalue weighted by Gasteiger charge is -2.38. The Morgan fingerprint density at radius 2 is 1.90 bits per heavy atom. The highest BCUT2D eigenvalue weighted by molar-refractivity contribution is 5.94. The van der Waals surface area contributed by atoms with Crippen LogP contribution in [-0.4, -0.2) is 55.7 Å². The maximum absolute atomic E-state index is 14.4. The number of H-pyrrole nitrogens is 1. The van der Waals surface area contributed by atoms with Gasteiger partial charge in [-0.1, -0.05) is 6.07 Å². The van der Waals surface area contributed by atoms with Crippen molar-refractivity contribution >= 4 is 22.7 Å². The predicted octanol–water partition coefficient (Wildman–Crippen LogP) is 3.95. The number of nitrogens with one attached hydrogen (secondary N) is 2. The number of fused-ring (bicyclic) bond motifs is 3. The van der Waals surface area contributed by atoms with Gasteiger partial charge in [-0.2, -0.15) is 5.10 Å². The average molecular weight is 535 g/mol. The molecule has 2 aliphatic heterocycles. The summed E-state index contributed by atoms with van der Waals surface area (Å²) in [5.41, 5.74) is 2.39. The zero-order valence-corrected chi connectivity index (χ0v) is 21.6. The van der Waals surface area contributed by atoms with Gasteiger partial charge in [-0.15, -0.1) is 0 Å². The van der Waals surface area contributed by atoms with Crippen LogP contribution in [0.4, 0.5) is 8.78 Å². The molecule has 39 heavy (non-hydrogen) atoms. The van der Waals surface area contributed by atoms with Gasteiger partial charge in [0.2, 0.25) is 11.8 Å². The van der Waals surface area contributed by atoms with E-state index in [1.54, 1.807) is 17.7 Å². The van der Waals surface area contributed by atoms with E-state index in [1.165, 1.54) is 25.4 Å². The highest BCUT2D eigenvalue weighted by atomic mass is 19.1. The van der Waals surface area contributed by atoms with E-state index in [2.05, 4.69) is 20.5 Å². The Bertz CT molecular complexity index is 1570. The minimum absolute atomic E-state index is 0.0585. The van der Waals surface area contributed by atoms with Crippen LogP contribution in [0.15, 0.2) is 42.7 Å². The number of amides is 2. The van der Waals surface area contributed by atoms with Gasteiger partial charge < -0.3 is 19.5 Å². The first kappa shape index (κ1) is 25.0. The van der Waals surface area contributed by atoms with Crippen molar-refractivity contribution < 1.29 is 23.1 Å². The lowest BCUT2D eigenvalue weighted by molar-refractivity contribution is -0.127. The van der Waals surface area contributed by atoms with Crippen molar-refractivity contribution in [2.24, 2.45) is 13.0 Å². The molecular weight excluding hydrogens is 506 g/mol. The van der Waals surface area contributed by atoms with Crippen LogP contribution in [0.2, 0.25) is 0 Å². The second-order valence-electron chi connectivity index (χ2n) is 10.3. The number of halogens is 2. The molecule has 3 aromatic heterocycles. The highest BCUT2D eigenvalue weighted by Gasteiger charge is 2.45. The average Bonchev–Trinajstić information content (AvgIpc) is 3.61. The third-order valence-corrected chi connectivity index (χ3v) is 7.94. The maximum atomic E-state index is 14.4. The van der Waals surface area contributed by atoms with Crippen LogP contribution in [0.1, 0.15) is 41.7 Å². The Morgan fingerprint density at radius 3 is 2.64 bits per heavy atom. The van der Waals surface area contributed by atoms with Gasteiger partial charge in [0, 0.05) is 54.8 Å². The van der Waals surface area contributed by atoms with Crippen LogP contribution in [0.5, 0.6) is 5.88 Å². The standard InChI is InChI=1S/C28H28F2N6O3/c1-35-14-22(30)20-7-15(3-6-25(20)35)12-32-27(37)16-8-17-4-5-18(9-16)36(17)28(38)24-11-23(33-34-24)19-10-26(39-2)31-13-21(19)29/h3,6-7,10-11,13-14,16-18H,4-5,8-9,12H2,1-2H3,(H,32,37)(H,33,34)/t16?,17-,18+. The Kier molecular flexibility index (Phi) is 6.28. The fourth-order valence-corrected chi connectivity index (χ4v) is 6.00. The van der Waals surface area contributed by atoms with E-state index in [4.69, 9.17) is 4.74 Å². The summed E-state index contributed by atoms with van der Waals surface area (Å²) < 4.78 is 35.3. The van der Waals surface area contributed by atoms with Gasteiger partial charge in [0.05, 0.1) is 24.5 Å². The number of aromatic nitrogens is 4. The van der Waals surface area contributed by atoms with Crippen LogP contribution in [0, 0.1) is 17.6 Å². The number of aryl methyl sites for hydroxylation is 1. The normalized spacial score (nSPS) is 20.4. The largest absolute Gasteiger partial charge is 0.481 e. The van der Waals surface area contributed by atoms with Gasteiger partial charge >= 0.3 is 0 Å². The van der Waals surface area contributed by atoms with E-state index in [1.807, 2.05) is 17.0 Å². The number of ether oxygens (including phenoxy) is 1. The molecule has 9 nitrogen and oxygen atoms in total. The summed E-state index contributed by atoms with van der Waals surface area (Å²) in [6.45, 7) is 0.310. The number of carbonyl (C=O) groups excluding carboxylic acids is 2. The van der Waals surface area contributed by atoms with Crippen molar-refractivity contribution in [3.63, 3.8) is 0 Å². The minimum Gasteiger partial charge on any atom is -0.481 e. The predicted molar refractivity (Wildman–Crippen MR) is 139 cm³/mol. The first-order valence-corrected chi connectivity index (χ1v) is 12.9. The van der Waals surface area contributed by atoms with Crippen molar-refractivity contribution in [1.82, 2.24) is 30.0 Å². The molecule has 11 heteroatoms. The van der Waals surface area contributed by atoms with Crippen molar-refractivity contribution in [3.05, 3.63) is 65.6 Å². The summed E-state index contributed by atoms with van der Waals surface area (Å²) >= 11 is 0. The van der Waals surface area contributed by atoms with Gasteiger partial charge in [-0.25, -0.2) is 13.8 Å². The summed E-state index contributed by atoms with van der Waals surface area (Å²) in [7, 11) is 3.23. The lowest BCUT2D eigenvalue weighted by atomic mass is 9.89. The van der Waals surface area contributed by atoms with Gasteiger partial charge in [-0.05, 0) is 49.4 Å². The monoisotopic (exact) mass is 534 g/mol.